The van der Waals surface area contributed by atoms with E-state index in [1.807, 2.05) is 13.8 Å². The average Bonchev–Trinajstić information content (AvgIpc) is 2.76. The Labute approximate surface area is 189 Å². The number of benzene rings is 2. The summed E-state index contributed by atoms with van der Waals surface area (Å²) in [4.78, 5) is 36.1. The molecule has 2 aromatic rings. The minimum Gasteiger partial charge on any atom is -0.467 e. The molecule has 0 aromatic heterocycles. The van der Waals surface area contributed by atoms with Crippen molar-refractivity contribution in [1.82, 2.24) is 5.32 Å². The Morgan fingerprint density at radius 3 is 2.62 bits per heavy atom. The lowest BCUT2D eigenvalue weighted by atomic mass is 10.0. The molecule has 0 aliphatic carbocycles. The van der Waals surface area contributed by atoms with Crippen LogP contribution in [-0.4, -0.2) is 29.6 Å². The second-order valence-electron chi connectivity index (χ2n) is 7.73. The molecule has 0 fully saturated rings. The van der Waals surface area contributed by atoms with E-state index < -0.39 is 22.8 Å². The van der Waals surface area contributed by atoms with Crippen LogP contribution in [0.15, 0.2) is 36.4 Å². The minimum absolute atomic E-state index is 0.00111. The fourth-order valence-electron chi connectivity index (χ4n) is 3.27. The summed E-state index contributed by atoms with van der Waals surface area (Å²) in [5.74, 6) is -0.574. The highest BCUT2D eigenvalue weighted by molar-refractivity contribution is 6.30. The predicted octanol–water partition coefficient (Wildman–Crippen LogP) is 4.00. The largest absolute Gasteiger partial charge is 0.467 e. The van der Waals surface area contributed by atoms with Gasteiger partial charge in [-0.2, -0.15) is 0 Å². The van der Waals surface area contributed by atoms with Crippen molar-refractivity contribution < 1.29 is 28.7 Å². The number of nitro groups is 1. The summed E-state index contributed by atoms with van der Waals surface area (Å²) in [5.41, 5.74) is 1.07. The fraction of sp³-hybridized carbons (Fsp3) is 0.364. The molecular weight excluding hydrogens is 440 g/mol. The molecule has 32 heavy (non-hydrogen) atoms. The third-order valence-corrected chi connectivity index (χ3v) is 5.01. The van der Waals surface area contributed by atoms with Gasteiger partial charge in [0.05, 0.1) is 11.5 Å². The van der Waals surface area contributed by atoms with Gasteiger partial charge in [-0.3, -0.25) is 14.9 Å². The number of fused-ring (bicyclic) bond motifs is 1. The van der Waals surface area contributed by atoms with Crippen molar-refractivity contribution in [3.05, 3.63) is 68.2 Å². The van der Waals surface area contributed by atoms with E-state index in [0.29, 0.717) is 33.9 Å². The van der Waals surface area contributed by atoms with Crippen LogP contribution in [0.1, 0.15) is 41.8 Å². The SMILES string of the molecule is CC(C)C[C@@H](NC(=O)c1ccc(Cl)cc1)C(=O)OCc1cc([N+](=O)[O-])cc2c1OCOC2. The van der Waals surface area contributed by atoms with Crippen LogP contribution in [0.5, 0.6) is 5.75 Å². The molecule has 1 amide bonds. The molecule has 170 valence electrons. The number of esters is 1. The summed E-state index contributed by atoms with van der Waals surface area (Å²) in [6.07, 6.45) is 0.357. The summed E-state index contributed by atoms with van der Waals surface area (Å²) in [7, 11) is 0. The smallest absolute Gasteiger partial charge is 0.328 e. The first-order chi connectivity index (χ1) is 15.2. The standard InChI is InChI=1S/C22H23ClN2O7/c1-13(2)7-19(24-21(26)14-3-5-17(23)6-4-14)22(27)31-11-16-9-18(25(28)29)8-15-10-30-12-32-20(15)16/h3-6,8-9,13,19H,7,10-12H2,1-2H3,(H,24,26)/t19-/m1/s1. The summed E-state index contributed by atoms with van der Waals surface area (Å²) in [6.45, 7) is 3.75. The van der Waals surface area contributed by atoms with Crippen molar-refractivity contribution in [3.8, 4) is 5.75 Å². The Morgan fingerprint density at radius 2 is 1.97 bits per heavy atom. The Morgan fingerprint density at radius 1 is 1.25 bits per heavy atom. The topological polar surface area (TPSA) is 117 Å². The van der Waals surface area contributed by atoms with E-state index in [0.717, 1.165) is 0 Å². The number of nitrogens with zero attached hydrogens (tertiary/aromatic N) is 1. The van der Waals surface area contributed by atoms with Gasteiger partial charge in [0, 0.05) is 33.8 Å². The Kier molecular flexibility index (Phi) is 7.66. The van der Waals surface area contributed by atoms with Crippen LogP contribution >= 0.6 is 11.6 Å². The Bertz CT molecular complexity index is 1010. The number of rotatable bonds is 8. The third-order valence-electron chi connectivity index (χ3n) is 4.76. The van der Waals surface area contributed by atoms with Crippen molar-refractivity contribution in [2.75, 3.05) is 6.79 Å². The van der Waals surface area contributed by atoms with Crippen molar-refractivity contribution in [3.63, 3.8) is 0 Å². The van der Waals surface area contributed by atoms with Gasteiger partial charge in [0.25, 0.3) is 11.6 Å². The van der Waals surface area contributed by atoms with Gasteiger partial charge in [0.1, 0.15) is 18.4 Å². The van der Waals surface area contributed by atoms with Crippen LogP contribution < -0.4 is 10.1 Å². The highest BCUT2D eigenvalue weighted by Gasteiger charge is 2.26. The maximum atomic E-state index is 12.8. The van der Waals surface area contributed by atoms with Gasteiger partial charge < -0.3 is 19.5 Å². The number of nitro benzene ring substituents is 1. The molecule has 1 aliphatic rings. The molecule has 3 rings (SSSR count). The molecular formula is C22H23ClN2O7. The van der Waals surface area contributed by atoms with Crippen LogP contribution in [-0.2, 0) is 27.5 Å². The van der Waals surface area contributed by atoms with Crippen LogP contribution in [0.2, 0.25) is 5.02 Å². The quantitative estimate of drug-likeness (QED) is 0.358. The van der Waals surface area contributed by atoms with E-state index in [-0.39, 0.29) is 31.6 Å². The number of non-ortho nitro benzene ring substituents is 1. The molecule has 1 heterocycles. The van der Waals surface area contributed by atoms with Gasteiger partial charge in [-0.15, -0.1) is 0 Å². The molecule has 0 radical (unpaired) electrons. The molecule has 0 bridgehead atoms. The monoisotopic (exact) mass is 462 g/mol. The molecule has 1 atom stereocenters. The molecule has 0 saturated heterocycles. The number of ether oxygens (including phenoxy) is 3. The zero-order valence-electron chi connectivity index (χ0n) is 17.6. The third kappa shape index (κ3) is 5.95. The zero-order chi connectivity index (χ0) is 23.3. The lowest BCUT2D eigenvalue weighted by Gasteiger charge is -2.22. The summed E-state index contributed by atoms with van der Waals surface area (Å²) >= 11 is 5.86. The summed E-state index contributed by atoms with van der Waals surface area (Å²) < 4.78 is 16.1. The minimum atomic E-state index is -0.892. The second-order valence-corrected chi connectivity index (χ2v) is 8.17. The molecule has 0 spiro atoms. The number of carbonyl (C=O) groups is 2. The maximum absolute atomic E-state index is 12.8. The van der Waals surface area contributed by atoms with Crippen molar-refractivity contribution in [2.24, 2.45) is 5.92 Å². The first kappa shape index (κ1) is 23.5. The molecule has 0 unspecified atom stereocenters. The highest BCUT2D eigenvalue weighted by atomic mass is 35.5. The number of carbonyl (C=O) groups excluding carboxylic acids is 2. The number of amides is 1. The summed E-state index contributed by atoms with van der Waals surface area (Å²) in [5, 5.41) is 14.4. The van der Waals surface area contributed by atoms with Gasteiger partial charge in [-0.25, -0.2) is 4.79 Å². The van der Waals surface area contributed by atoms with Crippen molar-refractivity contribution in [1.29, 1.82) is 0 Å². The van der Waals surface area contributed by atoms with Crippen molar-refractivity contribution in [2.45, 2.75) is 39.5 Å². The van der Waals surface area contributed by atoms with Gasteiger partial charge in [0.2, 0.25) is 0 Å². The van der Waals surface area contributed by atoms with Crippen LogP contribution in [0.3, 0.4) is 0 Å². The second kappa shape index (κ2) is 10.4. The number of hydrogen-bond acceptors (Lipinski definition) is 7. The van der Waals surface area contributed by atoms with E-state index >= 15 is 0 Å². The normalized spacial score (nSPS) is 13.6. The maximum Gasteiger partial charge on any atom is 0.328 e. The fourth-order valence-corrected chi connectivity index (χ4v) is 3.40. The molecule has 0 saturated carbocycles. The Hall–Kier alpha value is -3.17. The van der Waals surface area contributed by atoms with E-state index in [1.165, 1.54) is 12.1 Å². The number of nitrogens with one attached hydrogen (secondary N) is 1. The van der Waals surface area contributed by atoms with Gasteiger partial charge >= 0.3 is 5.97 Å². The highest BCUT2D eigenvalue weighted by Crippen LogP contribution is 2.33. The van der Waals surface area contributed by atoms with Crippen molar-refractivity contribution >= 4 is 29.2 Å². The van der Waals surface area contributed by atoms with Crippen LogP contribution in [0.4, 0.5) is 5.69 Å². The molecule has 10 heteroatoms. The van der Waals surface area contributed by atoms with E-state index in [9.17, 15) is 19.7 Å². The molecule has 2 aromatic carbocycles. The number of halogens is 1. The average molecular weight is 463 g/mol. The Balaban J connectivity index is 1.74. The summed E-state index contributed by atoms with van der Waals surface area (Å²) in [6, 6.07) is 8.07. The van der Waals surface area contributed by atoms with Gasteiger partial charge in [-0.1, -0.05) is 25.4 Å². The number of hydrogen-bond donors (Lipinski definition) is 1. The first-order valence-corrected chi connectivity index (χ1v) is 10.4. The lowest BCUT2D eigenvalue weighted by molar-refractivity contribution is -0.385. The molecule has 1 N–H and O–H groups in total. The van der Waals surface area contributed by atoms with Gasteiger partial charge in [0.15, 0.2) is 6.79 Å². The lowest BCUT2D eigenvalue weighted by Crippen LogP contribution is -2.42. The van der Waals surface area contributed by atoms with E-state index in [1.54, 1.807) is 24.3 Å². The van der Waals surface area contributed by atoms with Crippen LogP contribution in [0, 0.1) is 16.0 Å². The van der Waals surface area contributed by atoms with E-state index in [4.69, 9.17) is 25.8 Å². The molecule has 1 aliphatic heterocycles. The van der Waals surface area contributed by atoms with Crippen LogP contribution in [0.25, 0.3) is 0 Å². The van der Waals surface area contributed by atoms with E-state index in [2.05, 4.69) is 5.32 Å². The predicted molar refractivity (Wildman–Crippen MR) is 115 cm³/mol. The van der Waals surface area contributed by atoms with Gasteiger partial charge in [-0.05, 0) is 36.6 Å². The molecule has 9 nitrogen and oxygen atoms in total. The zero-order valence-corrected chi connectivity index (χ0v) is 18.4. The first-order valence-electron chi connectivity index (χ1n) is 9.98.